The van der Waals surface area contributed by atoms with E-state index in [1.165, 1.54) is 6.92 Å². The van der Waals surface area contributed by atoms with Gasteiger partial charge in [-0.15, -0.1) is 0 Å². The van der Waals surface area contributed by atoms with Crippen molar-refractivity contribution in [3.8, 4) is 0 Å². The van der Waals surface area contributed by atoms with Gasteiger partial charge in [0.05, 0.1) is 6.10 Å². The second-order valence-corrected chi connectivity index (χ2v) is 12.8. The van der Waals surface area contributed by atoms with E-state index in [4.69, 9.17) is 9.16 Å². The number of ether oxygens (including phenoxy) is 1. The monoisotopic (exact) mass is 334 g/mol. The highest BCUT2D eigenvalue weighted by atomic mass is 28.4. The van der Waals surface area contributed by atoms with E-state index in [1.54, 1.807) is 0 Å². The van der Waals surface area contributed by atoms with Crippen LogP contribution in [-0.4, -0.2) is 26.5 Å². The van der Waals surface area contributed by atoms with Crippen LogP contribution in [0.25, 0.3) is 0 Å². The fourth-order valence-electron chi connectivity index (χ4n) is 2.90. The molecule has 2 bridgehead atoms. The first-order valence-corrected chi connectivity index (χ1v) is 11.4. The minimum absolute atomic E-state index is 0.0465. The van der Waals surface area contributed by atoms with E-state index in [9.17, 15) is 4.79 Å². The Morgan fingerprint density at radius 3 is 2.39 bits per heavy atom. The first-order chi connectivity index (χ1) is 10.6. The summed E-state index contributed by atoms with van der Waals surface area (Å²) in [6.45, 7) is 12.8. The second-order valence-electron chi connectivity index (χ2n) is 8.09. The van der Waals surface area contributed by atoms with Crippen LogP contribution in [-0.2, 0) is 14.0 Å². The van der Waals surface area contributed by atoms with E-state index < -0.39 is 8.32 Å². The lowest BCUT2D eigenvalue weighted by Crippen LogP contribution is -2.49. The van der Waals surface area contributed by atoms with E-state index in [-0.39, 0.29) is 29.1 Å². The Labute approximate surface area is 141 Å². The first-order valence-electron chi connectivity index (χ1n) is 8.48. The van der Waals surface area contributed by atoms with Crippen LogP contribution < -0.4 is 0 Å². The third-order valence-electron chi connectivity index (χ3n) is 5.26. The Bertz CT molecular complexity index is 525. The lowest BCUT2D eigenvalue weighted by molar-refractivity contribution is -0.147. The molecular weight excluding hydrogens is 304 g/mol. The minimum Gasteiger partial charge on any atom is -0.458 e. The third-order valence-corrected chi connectivity index (χ3v) is 9.73. The van der Waals surface area contributed by atoms with Crippen LogP contribution in [0.2, 0.25) is 18.1 Å². The predicted octanol–water partition coefficient (Wildman–Crippen LogP) is 4.63. The highest BCUT2D eigenvalue weighted by molar-refractivity contribution is 6.74. The van der Waals surface area contributed by atoms with Crippen LogP contribution in [0.5, 0.6) is 0 Å². The van der Waals surface area contributed by atoms with Crippen molar-refractivity contribution >= 4 is 14.3 Å². The lowest BCUT2D eigenvalue weighted by Gasteiger charge is -2.43. The van der Waals surface area contributed by atoms with Crippen LogP contribution in [0.1, 0.15) is 34.1 Å². The van der Waals surface area contributed by atoms with Crippen molar-refractivity contribution in [2.45, 2.75) is 64.5 Å². The quantitative estimate of drug-likeness (QED) is 0.429. The standard InChI is InChI=1S/C19H30O3Si/c1-14(20)21-17-13-9-11-15-10-7-8-12-16(17)18(15)22-23(5,6)19(2,3)4/h7-10,12-13,15-18H,11H2,1-6H3/t15-,16+,17+,18+/m0/s1. The lowest BCUT2D eigenvalue weighted by atomic mass is 9.89. The molecule has 0 aliphatic heterocycles. The molecule has 2 aliphatic carbocycles. The SMILES string of the molecule is CC(=O)O[C@@H]1C=CC[C@@H]2C=CC=C[C@H]1[C@@H]2O[Si](C)(C)C(C)(C)C. The second kappa shape index (κ2) is 6.77. The Morgan fingerprint density at radius 1 is 1.13 bits per heavy atom. The molecule has 0 spiro atoms. The number of rotatable bonds is 3. The summed E-state index contributed by atoms with van der Waals surface area (Å²) < 4.78 is 12.4. The van der Waals surface area contributed by atoms with Gasteiger partial charge in [0.15, 0.2) is 8.32 Å². The summed E-state index contributed by atoms with van der Waals surface area (Å²) in [5.41, 5.74) is 0. The van der Waals surface area contributed by atoms with Crippen LogP contribution >= 0.6 is 0 Å². The maximum Gasteiger partial charge on any atom is 0.303 e. The molecule has 23 heavy (non-hydrogen) atoms. The van der Waals surface area contributed by atoms with Crippen molar-refractivity contribution in [3.05, 3.63) is 36.5 Å². The van der Waals surface area contributed by atoms with Gasteiger partial charge in [0.25, 0.3) is 0 Å². The molecule has 128 valence electrons. The van der Waals surface area contributed by atoms with Gasteiger partial charge in [0.1, 0.15) is 6.10 Å². The molecule has 3 nitrogen and oxygen atoms in total. The Hall–Kier alpha value is -1.13. The molecule has 0 amide bonds. The van der Waals surface area contributed by atoms with Crippen molar-refractivity contribution in [1.82, 2.24) is 0 Å². The van der Waals surface area contributed by atoms with Crippen molar-refractivity contribution in [2.24, 2.45) is 11.8 Å². The first kappa shape index (κ1) is 18.2. The van der Waals surface area contributed by atoms with E-state index in [2.05, 4.69) is 64.2 Å². The molecule has 0 radical (unpaired) electrons. The van der Waals surface area contributed by atoms with Crippen molar-refractivity contribution in [1.29, 1.82) is 0 Å². The summed E-state index contributed by atoms with van der Waals surface area (Å²) in [7, 11) is -1.91. The van der Waals surface area contributed by atoms with Crippen molar-refractivity contribution in [3.63, 3.8) is 0 Å². The fraction of sp³-hybridized carbons (Fsp3) is 0.632. The number of hydrogen-bond donors (Lipinski definition) is 0. The minimum atomic E-state index is -1.91. The van der Waals surface area contributed by atoms with Crippen LogP contribution in [0.4, 0.5) is 0 Å². The van der Waals surface area contributed by atoms with Gasteiger partial charge in [-0.25, -0.2) is 0 Å². The highest BCUT2D eigenvalue weighted by Crippen LogP contribution is 2.42. The molecule has 0 aromatic rings. The van der Waals surface area contributed by atoms with Gasteiger partial charge in [-0.3, -0.25) is 4.79 Å². The number of hydrogen-bond acceptors (Lipinski definition) is 3. The molecular formula is C19H30O3Si. The summed E-state index contributed by atoms with van der Waals surface area (Å²) >= 11 is 0. The predicted molar refractivity (Wildman–Crippen MR) is 96.6 cm³/mol. The molecule has 0 heterocycles. The summed E-state index contributed by atoms with van der Waals surface area (Å²) in [5.74, 6) is 0.141. The maximum atomic E-state index is 11.5. The molecule has 2 rings (SSSR count). The molecule has 4 heteroatoms. The molecule has 0 saturated carbocycles. The fourth-order valence-corrected chi connectivity index (χ4v) is 4.27. The van der Waals surface area contributed by atoms with Crippen LogP contribution in [0, 0.1) is 11.8 Å². The van der Waals surface area contributed by atoms with Gasteiger partial charge in [-0.1, -0.05) is 51.2 Å². The van der Waals surface area contributed by atoms with Gasteiger partial charge in [0.2, 0.25) is 0 Å². The summed E-state index contributed by atoms with van der Waals surface area (Å²) in [4.78, 5) is 11.5. The molecule has 0 N–H and O–H groups in total. The number of allylic oxidation sites excluding steroid dienone is 3. The zero-order valence-electron chi connectivity index (χ0n) is 15.2. The zero-order valence-corrected chi connectivity index (χ0v) is 16.2. The number of carbonyl (C=O) groups excluding carboxylic acids is 1. The molecule has 4 atom stereocenters. The zero-order chi connectivity index (χ0) is 17.3. The third kappa shape index (κ3) is 4.24. The number of carbonyl (C=O) groups is 1. The van der Waals surface area contributed by atoms with Crippen LogP contribution in [0.3, 0.4) is 0 Å². The van der Waals surface area contributed by atoms with Gasteiger partial charge in [0, 0.05) is 18.8 Å². The van der Waals surface area contributed by atoms with Gasteiger partial charge in [-0.2, -0.15) is 0 Å². The average molecular weight is 335 g/mol. The normalized spacial score (nSPS) is 30.7. The number of fused-ring (bicyclic) bond motifs is 2. The summed E-state index contributed by atoms with van der Waals surface area (Å²) in [6, 6.07) is 0. The van der Waals surface area contributed by atoms with Crippen LogP contribution in [0.15, 0.2) is 36.5 Å². The molecule has 0 aromatic carbocycles. The number of esters is 1. The molecule has 0 unspecified atom stereocenters. The van der Waals surface area contributed by atoms with Crippen molar-refractivity contribution in [2.75, 3.05) is 0 Å². The van der Waals surface area contributed by atoms with Crippen molar-refractivity contribution < 1.29 is 14.0 Å². The van der Waals surface area contributed by atoms with E-state index in [0.29, 0.717) is 5.92 Å². The van der Waals surface area contributed by atoms with E-state index >= 15 is 0 Å². The van der Waals surface area contributed by atoms with E-state index in [0.717, 1.165) is 6.42 Å². The largest absolute Gasteiger partial charge is 0.458 e. The smallest absolute Gasteiger partial charge is 0.303 e. The molecule has 0 fully saturated rings. The van der Waals surface area contributed by atoms with Gasteiger partial charge in [-0.05, 0) is 30.6 Å². The van der Waals surface area contributed by atoms with Gasteiger partial charge < -0.3 is 9.16 Å². The maximum absolute atomic E-state index is 11.5. The van der Waals surface area contributed by atoms with Gasteiger partial charge >= 0.3 is 5.97 Å². The Kier molecular flexibility index (Phi) is 5.36. The Balaban J connectivity index is 2.33. The average Bonchev–Trinajstić information content (AvgIpc) is 2.67. The molecule has 0 saturated heterocycles. The summed E-state index contributed by atoms with van der Waals surface area (Å²) in [6.07, 6.45) is 13.4. The highest BCUT2D eigenvalue weighted by Gasteiger charge is 2.44. The Morgan fingerprint density at radius 2 is 1.78 bits per heavy atom. The van der Waals surface area contributed by atoms with E-state index in [1.807, 2.05) is 6.08 Å². The topological polar surface area (TPSA) is 35.5 Å². The molecule has 0 aromatic heterocycles. The summed E-state index contributed by atoms with van der Waals surface area (Å²) in [5, 5.41) is 0.153. The molecule has 2 aliphatic rings.